The normalized spacial score (nSPS) is 18.2. The van der Waals surface area contributed by atoms with E-state index in [1.807, 2.05) is 19.2 Å². The molecule has 106 valence electrons. The molecule has 2 heterocycles. The molecule has 2 rings (SSSR count). The van der Waals surface area contributed by atoms with Crippen LogP contribution >= 0.6 is 0 Å². The van der Waals surface area contributed by atoms with Crippen molar-refractivity contribution in [3.8, 4) is 0 Å². The highest BCUT2D eigenvalue weighted by molar-refractivity contribution is 5.79. The molecule has 6 nitrogen and oxygen atoms in total. The Balaban J connectivity index is 1.61. The predicted molar refractivity (Wildman–Crippen MR) is 73.9 cm³/mol. The van der Waals surface area contributed by atoms with E-state index >= 15 is 0 Å². The van der Waals surface area contributed by atoms with Gasteiger partial charge in [-0.1, -0.05) is 0 Å². The molecule has 1 amide bonds. The molecule has 0 radical (unpaired) electrons. The maximum absolute atomic E-state index is 11.9. The summed E-state index contributed by atoms with van der Waals surface area (Å²) in [7, 11) is 0. The minimum absolute atomic E-state index is 0.0315. The Labute approximate surface area is 114 Å². The van der Waals surface area contributed by atoms with Crippen LogP contribution in [0.3, 0.4) is 0 Å². The van der Waals surface area contributed by atoms with E-state index < -0.39 is 0 Å². The van der Waals surface area contributed by atoms with Gasteiger partial charge in [0.2, 0.25) is 5.91 Å². The molecule has 2 N–H and O–H groups in total. The second-order valence-corrected chi connectivity index (χ2v) is 4.90. The van der Waals surface area contributed by atoms with E-state index in [2.05, 4.69) is 20.6 Å². The van der Waals surface area contributed by atoms with E-state index in [-0.39, 0.29) is 11.9 Å². The van der Waals surface area contributed by atoms with Crippen molar-refractivity contribution in [2.75, 3.05) is 39.3 Å². The first-order chi connectivity index (χ1) is 9.27. The molecule has 19 heavy (non-hydrogen) atoms. The van der Waals surface area contributed by atoms with E-state index in [4.69, 9.17) is 0 Å². The van der Waals surface area contributed by atoms with Gasteiger partial charge in [-0.2, -0.15) is 5.10 Å². The van der Waals surface area contributed by atoms with Crippen LogP contribution in [0.4, 0.5) is 0 Å². The van der Waals surface area contributed by atoms with Gasteiger partial charge in [0.15, 0.2) is 0 Å². The second-order valence-electron chi connectivity index (χ2n) is 4.90. The SMILES string of the molecule is CC(C(=O)NCCCN1CCNCC1)n1cccn1. The van der Waals surface area contributed by atoms with Crippen molar-refractivity contribution < 1.29 is 4.79 Å². The van der Waals surface area contributed by atoms with Gasteiger partial charge in [0.25, 0.3) is 0 Å². The quantitative estimate of drug-likeness (QED) is 0.703. The minimum Gasteiger partial charge on any atom is -0.354 e. The van der Waals surface area contributed by atoms with Crippen molar-refractivity contribution in [1.82, 2.24) is 25.3 Å². The number of nitrogens with zero attached hydrogens (tertiary/aromatic N) is 3. The molecule has 0 aromatic carbocycles. The summed E-state index contributed by atoms with van der Waals surface area (Å²) in [5.41, 5.74) is 0. The van der Waals surface area contributed by atoms with Crippen LogP contribution in [0.15, 0.2) is 18.5 Å². The van der Waals surface area contributed by atoms with Crippen molar-refractivity contribution in [3.05, 3.63) is 18.5 Å². The fourth-order valence-electron chi connectivity index (χ4n) is 2.23. The molecule has 1 aliphatic rings. The number of aromatic nitrogens is 2. The van der Waals surface area contributed by atoms with Gasteiger partial charge < -0.3 is 15.5 Å². The first kappa shape index (κ1) is 14.0. The third kappa shape index (κ3) is 4.33. The standard InChI is InChI=1S/C13H23N5O/c1-12(18-9-3-5-16-18)13(19)15-4-2-8-17-10-6-14-7-11-17/h3,5,9,12,14H,2,4,6-8,10-11H2,1H3,(H,15,19). The molecular weight excluding hydrogens is 242 g/mol. The lowest BCUT2D eigenvalue weighted by Gasteiger charge is -2.27. The van der Waals surface area contributed by atoms with Gasteiger partial charge in [-0.05, 0) is 26.0 Å². The van der Waals surface area contributed by atoms with Gasteiger partial charge in [0.05, 0.1) is 0 Å². The Hall–Kier alpha value is -1.40. The van der Waals surface area contributed by atoms with Crippen LogP contribution < -0.4 is 10.6 Å². The molecule has 1 fully saturated rings. The van der Waals surface area contributed by atoms with Crippen molar-refractivity contribution >= 4 is 5.91 Å². The molecule has 6 heteroatoms. The van der Waals surface area contributed by atoms with E-state index in [1.54, 1.807) is 10.9 Å². The number of nitrogens with one attached hydrogen (secondary N) is 2. The predicted octanol–water partition coefficient (Wildman–Crippen LogP) is -0.144. The Kier molecular flexibility index (Phi) is 5.35. The van der Waals surface area contributed by atoms with Crippen molar-refractivity contribution in [3.63, 3.8) is 0 Å². The van der Waals surface area contributed by atoms with E-state index in [0.29, 0.717) is 0 Å². The topological polar surface area (TPSA) is 62.2 Å². The summed E-state index contributed by atoms with van der Waals surface area (Å²) in [6.07, 6.45) is 4.50. The minimum atomic E-state index is -0.241. The third-order valence-electron chi connectivity index (χ3n) is 3.46. The molecule has 1 aromatic rings. The monoisotopic (exact) mass is 265 g/mol. The highest BCUT2D eigenvalue weighted by atomic mass is 16.2. The molecule has 0 spiro atoms. The van der Waals surface area contributed by atoms with Crippen LogP contribution in [-0.4, -0.2) is 59.9 Å². The second kappa shape index (κ2) is 7.25. The molecule has 1 aromatic heterocycles. The Morgan fingerprint density at radius 1 is 1.47 bits per heavy atom. The lowest BCUT2D eigenvalue weighted by atomic mass is 10.3. The zero-order valence-corrected chi connectivity index (χ0v) is 11.5. The van der Waals surface area contributed by atoms with Gasteiger partial charge in [-0.25, -0.2) is 0 Å². The number of hydrogen-bond donors (Lipinski definition) is 2. The summed E-state index contributed by atoms with van der Waals surface area (Å²) in [4.78, 5) is 14.3. The summed E-state index contributed by atoms with van der Waals surface area (Å²) >= 11 is 0. The van der Waals surface area contributed by atoms with Gasteiger partial charge >= 0.3 is 0 Å². The van der Waals surface area contributed by atoms with E-state index in [1.165, 1.54) is 0 Å². The fraction of sp³-hybridized carbons (Fsp3) is 0.692. The maximum atomic E-state index is 11.9. The summed E-state index contributed by atoms with van der Waals surface area (Å²) < 4.78 is 1.67. The van der Waals surface area contributed by atoms with Crippen molar-refractivity contribution in [2.45, 2.75) is 19.4 Å². The molecule has 1 unspecified atom stereocenters. The number of rotatable bonds is 6. The summed E-state index contributed by atoms with van der Waals surface area (Å²) in [5, 5.41) is 10.4. The van der Waals surface area contributed by atoms with E-state index in [9.17, 15) is 4.79 Å². The average molecular weight is 265 g/mol. The van der Waals surface area contributed by atoms with Crippen molar-refractivity contribution in [2.24, 2.45) is 0 Å². The van der Waals surface area contributed by atoms with Gasteiger partial charge in [0.1, 0.15) is 6.04 Å². The van der Waals surface area contributed by atoms with Gasteiger partial charge in [-0.3, -0.25) is 9.48 Å². The van der Waals surface area contributed by atoms with Gasteiger partial charge in [-0.15, -0.1) is 0 Å². The Morgan fingerprint density at radius 3 is 2.95 bits per heavy atom. The Bertz CT molecular complexity index is 372. The zero-order chi connectivity index (χ0) is 13.5. The lowest BCUT2D eigenvalue weighted by Crippen LogP contribution is -2.44. The van der Waals surface area contributed by atoms with Crippen LogP contribution in [0.1, 0.15) is 19.4 Å². The van der Waals surface area contributed by atoms with Crippen LogP contribution in [0.2, 0.25) is 0 Å². The van der Waals surface area contributed by atoms with Crippen LogP contribution in [0.5, 0.6) is 0 Å². The third-order valence-corrected chi connectivity index (χ3v) is 3.46. The summed E-state index contributed by atoms with van der Waals surface area (Å²) in [6.45, 7) is 8.01. The first-order valence-corrected chi connectivity index (χ1v) is 6.97. The molecule has 0 bridgehead atoms. The largest absolute Gasteiger partial charge is 0.354 e. The van der Waals surface area contributed by atoms with E-state index in [0.717, 1.165) is 45.7 Å². The highest BCUT2D eigenvalue weighted by Gasteiger charge is 2.14. The fourth-order valence-corrected chi connectivity index (χ4v) is 2.23. The number of carbonyl (C=O) groups excluding carboxylic acids is 1. The highest BCUT2D eigenvalue weighted by Crippen LogP contribution is 2.02. The Morgan fingerprint density at radius 2 is 2.26 bits per heavy atom. The number of hydrogen-bond acceptors (Lipinski definition) is 4. The molecule has 1 saturated heterocycles. The van der Waals surface area contributed by atoms with Crippen molar-refractivity contribution in [1.29, 1.82) is 0 Å². The number of amides is 1. The van der Waals surface area contributed by atoms with Crippen LogP contribution in [0, 0.1) is 0 Å². The maximum Gasteiger partial charge on any atom is 0.244 e. The number of piperazine rings is 1. The molecule has 0 saturated carbocycles. The zero-order valence-electron chi connectivity index (χ0n) is 11.5. The van der Waals surface area contributed by atoms with Crippen LogP contribution in [-0.2, 0) is 4.79 Å². The van der Waals surface area contributed by atoms with Gasteiger partial charge in [0, 0.05) is 45.1 Å². The molecule has 1 atom stereocenters. The molecule has 1 aliphatic heterocycles. The summed E-state index contributed by atoms with van der Waals surface area (Å²) in [5.74, 6) is 0.0315. The molecular formula is C13H23N5O. The smallest absolute Gasteiger partial charge is 0.244 e. The summed E-state index contributed by atoms with van der Waals surface area (Å²) in [6, 6.07) is 1.59. The number of carbonyl (C=O) groups is 1. The van der Waals surface area contributed by atoms with Crippen LogP contribution in [0.25, 0.3) is 0 Å². The molecule has 0 aliphatic carbocycles. The lowest BCUT2D eigenvalue weighted by molar-refractivity contribution is -0.124. The first-order valence-electron chi connectivity index (χ1n) is 6.97. The average Bonchev–Trinajstić information content (AvgIpc) is 2.98.